The van der Waals surface area contributed by atoms with Crippen LogP contribution in [0, 0.1) is 0 Å². The molecule has 0 saturated heterocycles. The van der Waals surface area contributed by atoms with Gasteiger partial charge in [-0.05, 0) is 56.4 Å². The Kier molecular flexibility index (Phi) is 6.47. The highest BCUT2D eigenvalue weighted by atomic mass is 32.1. The summed E-state index contributed by atoms with van der Waals surface area (Å²) in [5, 5.41) is 2.48. The Bertz CT molecular complexity index is 763. The summed E-state index contributed by atoms with van der Waals surface area (Å²) in [7, 11) is 0. The van der Waals surface area contributed by atoms with E-state index in [4.69, 9.17) is 17.0 Å². The van der Waals surface area contributed by atoms with Crippen molar-refractivity contribution < 1.29 is 14.3 Å². The predicted molar refractivity (Wildman–Crippen MR) is 99.3 cm³/mol. The maximum absolute atomic E-state index is 12.2. The molecule has 0 aliphatic carbocycles. The number of benzene rings is 2. The lowest BCUT2D eigenvalue weighted by Crippen LogP contribution is -2.48. The molecule has 2 aromatic carbocycles. The van der Waals surface area contributed by atoms with E-state index >= 15 is 0 Å². The van der Waals surface area contributed by atoms with Crippen molar-refractivity contribution >= 4 is 29.1 Å². The molecule has 130 valence electrons. The molecule has 0 bridgehead atoms. The van der Waals surface area contributed by atoms with Crippen LogP contribution in [0.25, 0.3) is 0 Å². The second kappa shape index (κ2) is 8.79. The average molecular weight is 357 g/mol. The largest absolute Gasteiger partial charge is 0.491 e. The van der Waals surface area contributed by atoms with Gasteiger partial charge in [-0.1, -0.05) is 24.3 Å². The molecule has 25 heavy (non-hydrogen) atoms. The monoisotopic (exact) mass is 357 g/mol. The third-order valence-electron chi connectivity index (χ3n) is 3.02. The topological polar surface area (TPSA) is 79.5 Å². The van der Waals surface area contributed by atoms with Crippen LogP contribution in [0.5, 0.6) is 5.75 Å². The minimum Gasteiger partial charge on any atom is -0.491 e. The molecule has 0 saturated carbocycles. The van der Waals surface area contributed by atoms with Crippen molar-refractivity contribution in [2.75, 3.05) is 0 Å². The van der Waals surface area contributed by atoms with Crippen LogP contribution < -0.4 is 20.9 Å². The number of hydrazine groups is 1. The minimum atomic E-state index is -0.402. The molecule has 3 N–H and O–H groups in total. The van der Waals surface area contributed by atoms with Crippen molar-refractivity contribution in [1.82, 2.24) is 16.2 Å². The van der Waals surface area contributed by atoms with Crippen molar-refractivity contribution in [2.24, 2.45) is 0 Å². The summed E-state index contributed by atoms with van der Waals surface area (Å²) in [5.41, 5.74) is 5.79. The molecule has 0 atom stereocenters. The predicted octanol–water partition coefficient (Wildman–Crippen LogP) is 2.42. The number of carbonyl (C=O) groups excluding carboxylic acids is 2. The lowest BCUT2D eigenvalue weighted by atomic mass is 10.2. The lowest BCUT2D eigenvalue weighted by molar-refractivity contribution is 0.0934. The van der Waals surface area contributed by atoms with Gasteiger partial charge in [0.1, 0.15) is 5.75 Å². The highest BCUT2D eigenvalue weighted by molar-refractivity contribution is 7.80. The summed E-state index contributed by atoms with van der Waals surface area (Å²) in [6.07, 6.45) is 0.00857. The van der Waals surface area contributed by atoms with Gasteiger partial charge in [0, 0.05) is 11.1 Å². The van der Waals surface area contributed by atoms with Crippen molar-refractivity contribution in [3.8, 4) is 5.75 Å². The summed E-state index contributed by atoms with van der Waals surface area (Å²) in [6, 6.07) is 15.4. The lowest BCUT2D eigenvalue weighted by Gasteiger charge is -2.12. The van der Waals surface area contributed by atoms with Crippen LogP contribution in [0.4, 0.5) is 0 Å². The first-order valence-electron chi connectivity index (χ1n) is 7.69. The van der Waals surface area contributed by atoms with Crippen LogP contribution in [0.2, 0.25) is 0 Å². The third-order valence-corrected chi connectivity index (χ3v) is 3.22. The van der Waals surface area contributed by atoms with E-state index in [0.29, 0.717) is 16.9 Å². The number of thiocarbonyl (C=S) groups is 1. The Balaban J connectivity index is 1.88. The number of rotatable bonds is 4. The van der Waals surface area contributed by atoms with Crippen LogP contribution in [-0.4, -0.2) is 23.0 Å². The Hall–Kier alpha value is -2.93. The molecular formula is C18H19N3O3S. The van der Waals surface area contributed by atoms with Gasteiger partial charge in [-0.2, -0.15) is 0 Å². The normalized spacial score (nSPS) is 10.0. The Morgan fingerprint density at radius 3 is 2.28 bits per heavy atom. The molecule has 0 aliphatic heterocycles. The minimum absolute atomic E-state index is 0.00857. The van der Waals surface area contributed by atoms with Gasteiger partial charge in [-0.3, -0.25) is 25.8 Å². The number of ether oxygens (including phenoxy) is 1. The molecule has 6 nitrogen and oxygen atoms in total. The SMILES string of the molecule is CC(C)Oc1cccc(C(=O)NC(=S)NNC(=O)c2ccccc2)c1. The van der Waals surface area contributed by atoms with Gasteiger partial charge in [-0.15, -0.1) is 0 Å². The Morgan fingerprint density at radius 2 is 1.60 bits per heavy atom. The summed E-state index contributed by atoms with van der Waals surface area (Å²) in [4.78, 5) is 24.1. The molecule has 0 fully saturated rings. The molecular weight excluding hydrogens is 338 g/mol. The van der Waals surface area contributed by atoms with E-state index in [9.17, 15) is 9.59 Å². The number of amides is 2. The summed E-state index contributed by atoms with van der Waals surface area (Å²) >= 11 is 5.01. The first kappa shape index (κ1) is 18.4. The van der Waals surface area contributed by atoms with Gasteiger partial charge in [-0.25, -0.2) is 0 Å². The first-order chi connectivity index (χ1) is 12.0. The van der Waals surface area contributed by atoms with Gasteiger partial charge in [0.25, 0.3) is 11.8 Å². The Morgan fingerprint density at radius 1 is 0.920 bits per heavy atom. The van der Waals surface area contributed by atoms with Gasteiger partial charge < -0.3 is 4.74 Å². The molecule has 0 aliphatic rings. The zero-order valence-electron chi connectivity index (χ0n) is 13.9. The van der Waals surface area contributed by atoms with Gasteiger partial charge in [0.15, 0.2) is 5.11 Å². The van der Waals surface area contributed by atoms with E-state index in [1.54, 1.807) is 48.5 Å². The number of carbonyl (C=O) groups is 2. The fraction of sp³-hybridized carbons (Fsp3) is 0.167. The average Bonchev–Trinajstić information content (AvgIpc) is 2.60. The molecule has 0 unspecified atom stereocenters. The highest BCUT2D eigenvalue weighted by Gasteiger charge is 2.10. The summed E-state index contributed by atoms with van der Waals surface area (Å²) < 4.78 is 5.55. The molecule has 2 amide bonds. The maximum Gasteiger partial charge on any atom is 0.269 e. The first-order valence-corrected chi connectivity index (χ1v) is 8.10. The van der Waals surface area contributed by atoms with Gasteiger partial charge >= 0.3 is 0 Å². The smallest absolute Gasteiger partial charge is 0.269 e. The number of hydrogen-bond donors (Lipinski definition) is 3. The second-order valence-corrected chi connectivity index (χ2v) is 5.83. The van der Waals surface area contributed by atoms with Gasteiger partial charge in [0.05, 0.1) is 6.10 Å². The maximum atomic E-state index is 12.2. The van der Waals surface area contributed by atoms with E-state index in [-0.39, 0.29) is 17.1 Å². The van der Waals surface area contributed by atoms with Crippen LogP contribution in [0.1, 0.15) is 34.6 Å². The quantitative estimate of drug-likeness (QED) is 0.578. The number of hydrogen-bond acceptors (Lipinski definition) is 4. The highest BCUT2D eigenvalue weighted by Crippen LogP contribution is 2.14. The van der Waals surface area contributed by atoms with Crippen LogP contribution >= 0.6 is 12.2 Å². The van der Waals surface area contributed by atoms with E-state index in [2.05, 4.69) is 16.2 Å². The molecule has 0 spiro atoms. The molecule has 0 radical (unpaired) electrons. The molecule has 7 heteroatoms. The van der Waals surface area contributed by atoms with E-state index in [1.807, 2.05) is 19.9 Å². The number of nitrogens with one attached hydrogen (secondary N) is 3. The third kappa shape index (κ3) is 5.89. The molecule has 0 aromatic heterocycles. The standard InChI is InChI=1S/C18H19N3O3S/c1-12(2)24-15-10-6-9-14(11-15)16(22)19-18(25)21-20-17(23)13-7-4-3-5-8-13/h3-12H,1-2H3,(H,20,23)(H2,19,21,22,25). The van der Waals surface area contributed by atoms with E-state index in [0.717, 1.165) is 0 Å². The van der Waals surface area contributed by atoms with Crippen molar-refractivity contribution in [1.29, 1.82) is 0 Å². The van der Waals surface area contributed by atoms with E-state index in [1.165, 1.54) is 0 Å². The van der Waals surface area contributed by atoms with Crippen LogP contribution in [-0.2, 0) is 0 Å². The fourth-order valence-corrected chi connectivity index (χ4v) is 2.11. The second-order valence-electron chi connectivity index (χ2n) is 5.42. The zero-order chi connectivity index (χ0) is 18.2. The van der Waals surface area contributed by atoms with Crippen molar-refractivity contribution in [2.45, 2.75) is 20.0 Å². The fourth-order valence-electron chi connectivity index (χ4n) is 1.96. The van der Waals surface area contributed by atoms with Gasteiger partial charge in [0.2, 0.25) is 0 Å². The van der Waals surface area contributed by atoms with Crippen molar-refractivity contribution in [3.05, 3.63) is 65.7 Å². The summed E-state index contributed by atoms with van der Waals surface area (Å²) in [5.74, 6) is -0.163. The van der Waals surface area contributed by atoms with E-state index < -0.39 is 5.91 Å². The molecule has 2 rings (SSSR count). The van der Waals surface area contributed by atoms with Crippen molar-refractivity contribution in [3.63, 3.8) is 0 Å². The molecule has 2 aromatic rings. The van der Waals surface area contributed by atoms with Crippen LogP contribution in [0.15, 0.2) is 54.6 Å². The summed E-state index contributed by atoms with van der Waals surface area (Å²) in [6.45, 7) is 3.81. The molecule has 0 heterocycles. The zero-order valence-corrected chi connectivity index (χ0v) is 14.7. The van der Waals surface area contributed by atoms with Crippen LogP contribution in [0.3, 0.4) is 0 Å². The Labute approximate surface area is 151 Å².